The van der Waals surface area contributed by atoms with Gasteiger partial charge in [0.15, 0.2) is 6.10 Å². The lowest BCUT2D eigenvalue weighted by Crippen LogP contribution is -2.30. The van der Waals surface area contributed by atoms with Gasteiger partial charge in [-0.1, -0.05) is 279 Å². The van der Waals surface area contributed by atoms with Gasteiger partial charge in [-0.15, -0.1) is 0 Å². The van der Waals surface area contributed by atoms with E-state index in [1.807, 2.05) is 0 Å². The third-order valence-corrected chi connectivity index (χ3v) is 13.3. The summed E-state index contributed by atoms with van der Waals surface area (Å²) in [6.07, 6.45) is 52.3. The van der Waals surface area contributed by atoms with E-state index < -0.39 is 6.10 Å². The highest BCUT2D eigenvalue weighted by atomic mass is 16.6. The summed E-state index contributed by atoms with van der Waals surface area (Å²) in [5.41, 5.74) is 0. The minimum Gasteiger partial charge on any atom is -0.462 e. The zero-order chi connectivity index (χ0) is 46.1. The van der Waals surface area contributed by atoms with E-state index in [2.05, 4.69) is 34.6 Å². The number of hydrogen-bond acceptors (Lipinski definition) is 6. The molecule has 0 aliphatic heterocycles. The Hall–Kier alpha value is -1.59. The third kappa shape index (κ3) is 49.7. The number of ether oxygens (including phenoxy) is 3. The summed E-state index contributed by atoms with van der Waals surface area (Å²) in [7, 11) is 0. The summed E-state index contributed by atoms with van der Waals surface area (Å²) in [5, 5.41) is 0. The van der Waals surface area contributed by atoms with Crippen molar-refractivity contribution in [3.8, 4) is 0 Å². The maximum atomic E-state index is 12.8. The Morgan fingerprint density at radius 3 is 0.905 bits per heavy atom. The molecule has 0 aromatic rings. The van der Waals surface area contributed by atoms with Crippen LogP contribution in [0.25, 0.3) is 0 Å². The lowest BCUT2D eigenvalue weighted by molar-refractivity contribution is -0.167. The molecule has 0 N–H and O–H groups in total. The highest BCUT2D eigenvalue weighted by Crippen LogP contribution is 2.18. The number of carbonyl (C=O) groups is 3. The van der Waals surface area contributed by atoms with Crippen molar-refractivity contribution in [2.75, 3.05) is 13.2 Å². The van der Waals surface area contributed by atoms with Gasteiger partial charge in [0, 0.05) is 19.3 Å². The predicted octanol–water partition coefficient (Wildman–Crippen LogP) is 18.5. The van der Waals surface area contributed by atoms with Crippen molar-refractivity contribution in [3.05, 3.63) is 0 Å². The summed E-state index contributed by atoms with van der Waals surface area (Å²) in [6.45, 7) is 11.4. The first-order valence-electron chi connectivity index (χ1n) is 28.3. The Kier molecular flexibility index (Phi) is 48.6. The molecule has 63 heavy (non-hydrogen) atoms. The summed E-state index contributed by atoms with van der Waals surface area (Å²) >= 11 is 0. The first-order valence-corrected chi connectivity index (χ1v) is 28.3. The van der Waals surface area contributed by atoms with Crippen LogP contribution in [0.3, 0.4) is 0 Å². The van der Waals surface area contributed by atoms with Crippen molar-refractivity contribution in [1.29, 1.82) is 0 Å². The third-order valence-electron chi connectivity index (χ3n) is 13.3. The normalized spacial score (nSPS) is 12.5. The SMILES string of the molecule is CCCCCCCCCCCCCCCCCCCCC(=O)OC[C@H](COC(=O)CCCCCCCCCCCCCCC(C)C)OC(=O)CCCCCCCCCCC(C)CC. The topological polar surface area (TPSA) is 78.9 Å². The van der Waals surface area contributed by atoms with Gasteiger partial charge in [-0.25, -0.2) is 0 Å². The Balaban J connectivity index is 4.27. The van der Waals surface area contributed by atoms with Crippen LogP contribution in [-0.4, -0.2) is 37.2 Å². The lowest BCUT2D eigenvalue weighted by atomic mass is 9.99. The van der Waals surface area contributed by atoms with E-state index in [4.69, 9.17) is 14.2 Å². The van der Waals surface area contributed by atoms with Crippen molar-refractivity contribution >= 4 is 17.9 Å². The first-order chi connectivity index (χ1) is 30.8. The summed E-state index contributed by atoms with van der Waals surface area (Å²) in [6, 6.07) is 0. The molecule has 6 heteroatoms. The lowest BCUT2D eigenvalue weighted by Gasteiger charge is -2.18. The van der Waals surface area contributed by atoms with E-state index in [1.165, 1.54) is 205 Å². The fraction of sp³-hybridized carbons (Fsp3) is 0.947. The molecule has 0 aliphatic carbocycles. The molecule has 374 valence electrons. The monoisotopic (exact) mass is 891 g/mol. The van der Waals surface area contributed by atoms with E-state index in [0.717, 1.165) is 69.6 Å². The molecule has 0 bridgehead atoms. The van der Waals surface area contributed by atoms with Gasteiger partial charge < -0.3 is 14.2 Å². The van der Waals surface area contributed by atoms with Gasteiger partial charge in [-0.05, 0) is 31.1 Å². The molecule has 0 aliphatic rings. The molecule has 1 unspecified atom stereocenters. The van der Waals surface area contributed by atoms with Gasteiger partial charge >= 0.3 is 17.9 Å². The number of hydrogen-bond donors (Lipinski definition) is 0. The van der Waals surface area contributed by atoms with Crippen LogP contribution in [0.1, 0.15) is 317 Å². The molecule has 0 saturated heterocycles. The maximum Gasteiger partial charge on any atom is 0.306 e. The molecule has 0 amide bonds. The maximum absolute atomic E-state index is 12.8. The quantitative estimate of drug-likeness (QED) is 0.0344. The van der Waals surface area contributed by atoms with Gasteiger partial charge in [0.2, 0.25) is 0 Å². The summed E-state index contributed by atoms with van der Waals surface area (Å²) in [5.74, 6) is 0.835. The second kappa shape index (κ2) is 49.8. The van der Waals surface area contributed by atoms with Crippen LogP contribution < -0.4 is 0 Å². The predicted molar refractivity (Wildman–Crippen MR) is 270 cm³/mol. The Morgan fingerprint density at radius 2 is 0.603 bits per heavy atom. The molecule has 0 fully saturated rings. The van der Waals surface area contributed by atoms with Crippen LogP contribution in [0.4, 0.5) is 0 Å². The molecule has 0 saturated carbocycles. The minimum absolute atomic E-state index is 0.0634. The van der Waals surface area contributed by atoms with Crippen molar-refractivity contribution < 1.29 is 28.6 Å². The van der Waals surface area contributed by atoms with E-state index in [0.29, 0.717) is 19.3 Å². The molecular formula is C57H110O6. The molecule has 2 atom stereocenters. The second-order valence-electron chi connectivity index (χ2n) is 20.3. The molecule has 6 nitrogen and oxygen atoms in total. The molecule has 0 radical (unpaired) electrons. The molecule has 0 aromatic carbocycles. The minimum atomic E-state index is -0.763. The molecule has 0 heterocycles. The van der Waals surface area contributed by atoms with Gasteiger partial charge in [0.1, 0.15) is 13.2 Å². The largest absolute Gasteiger partial charge is 0.462 e. The molecule has 0 spiro atoms. The smallest absolute Gasteiger partial charge is 0.306 e. The standard InChI is InChI=1S/C57H110O6/c1-6-8-9-10-11-12-13-14-15-16-17-18-19-23-26-32-37-42-47-55(58)61-50-54(63-57(60)49-44-39-34-29-28-31-36-41-46-53(5)7-2)51-62-56(59)48-43-38-33-27-24-21-20-22-25-30-35-40-45-52(3)4/h52-54H,6-51H2,1-5H3/t53?,54-/m1/s1. The Bertz CT molecular complexity index is 964. The van der Waals surface area contributed by atoms with Gasteiger partial charge in [-0.3, -0.25) is 14.4 Å². The number of unbranched alkanes of at least 4 members (excludes halogenated alkanes) is 35. The van der Waals surface area contributed by atoms with Gasteiger partial charge in [-0.2, -0.15) is 0 Å². The summed E-state index contributed by atoms with van der Waals surface area (Å²) < 4.78 is 16.9. The van der Waals surface area contributed by atoms with E-state index in [1.54, 1.807) is 0 Å². The molecule has 0 rings (SSSR count). The van der Waals surface area contributed by atoms with Crippen LogP contribution in [0.15, 0.2) is 0 Å². The fourth-order valence-corrected chi connectivity index (χ4v) is 8.66. The van der Waals surface area contributed by atoms with Crippen molar-refractivity contribution in [2.45, 2.75) is 323 Å². The van der Waals surface area contributed by atoms with E-state index >= 15 is 0 Å². The van der Waals surface area contributed by atoms with Crippen molar-refractivity contribution in [1.82, 2.24) is 0 Å². The Morgan fingerprint density at radius 1 is 0.333 bits per heavy atom. The van der Waals surface area contributed by atoms with Crippen LogP contribution in [0.5, 0.6) is 0 Å². The zero-order valence-corrected chi connectivity index (χ0v) is 43.2. The van der Waals surface area contributed by atoms with Crippen LogP contribution >= 0.6 is 0 Å². The average molecular weight is 892 g/mol. The Labute approximate surface area is 393 Å². The van der Waals surface area contributed by atoms with Gasteiger partial charge in [0.25, 0.3) is 0 Å². The number of carbonyl (C=O) groups excluding carboxylic acids is 3. The van der Waals surface area contributed by atoms with Crippen LogP contribution in [0.2, 0.25) is 0 Å². The van der Waals surface area contributed by atoms with E-state index in [-0.39, 0.29) is 31.1 Å². The summed E-state index contributed by atoms with van der Waals surface area (Å²) in [4.78, 5) is 38.1. The number of esters is 3. The highest BCUT2D eigenvalue weighted by molar-refractivity contribution is 5.71. The van der Waals surface area contributed by atoms with Gasteiger partial charge in [0.05, 0.1) is 0 Å². The van der Waals surface area contributed by atoms with E-state index in [9.17, 15) is 14.4 Å². The van der Waals surface area contributed by atoms with Crippen molar-refractivity contribution in [3.63, 3.8) is 0 Å². The zero-order valence-electron chi connectivity index (χ0n) is 43.2. The molecular weight excluding hydrogens is 781 g/mol. The molecule has 0 aromatic heterocycles. The van der Waals surface area contributed by atoms with Crippen molar-refractivity contribution in [2.24, 2.45) is 11.8 Å². The number of rotatable bonds is 51. The fourth-order valence-electron chi connectivity index (χ4n) is 8.66. The van der Waals surface area contributed by atoms with Crippen LogP contribution in [-0.2, 0) is 28.6 Å². The van der Waals surface area contributed by atoms with Crippen LogP contribution in [0, 0.1) is 11.8 Å². The average Bonchev–Trinajstić information content (AvgIpc) is 3.27. The highest BCUT2D eigenvalue weighted by Gasteiger charge is 2.19. The first kappa shape index (κ1) is 61.4. The second-order valence-corrected chi connectivity index (χ2v) is 20.3.